The van der Waals surface area contributed by atoms with E-state index in [4.69, 9.17) is 4.74 Å². The van der Waals surface area contributed by atoms with E-state index in [2.05, 4.69) is 22.3 Å². The van der Waals surface area contributed by atoms with E-state index in [-0.39, 0.29) is 17.9 Å². The molecule has 0 fully saturated rings. The molecular weight excluding hydrogens is 300 g/mol. The highest BCUT2D eigenvalue weighted by atomic mass is 16.5. The monoisotopic (exact) mass is 324 g/mol. The topological polar surface area (TPSA) is 41.6 Å². The van der Waals surface area contributed by atoms with Crippen LogP contribution in [0, 0.1) is 5.92 Å². The van der Waals surface area contributed by atoms with E-state index in [0.717, 1.165) is 17.7 Å². The SMILES string of the molecule is CN(C)C(CNC(=O)C1COc2ccccc2C1)c1ccccc1. The highest BCUT2D eigenvalue weighted by molar-refractivity contribution is 5.79. The smallest absolute Gasteiger partial charge is 0.226 e. The number of likely N-dealkylation sites (N-methyl/N-ethyl adjacent to an activating group) is 1. The number of ether oxygens (including phenoxy) is 1. The lowest BCUT2D eigenvalue weighted by atomic mass is 9.96. The molecule has 0 aliphatic carbocycles. The molecule has 1 N–H and O–H groups in total. The highest BCUT2D eigenvalue weighted by Gasteiger charge is 2.26. The van der Waals surface area contributed by atoms with E-state index < -0.39 is 0 Å². The van der Waals surface area contributed by atoms with Crippen molar-refractivity contribution in [2.45, 2.75) is 12.5 Å². The molecule has 4 heteroatoms. The lowest BCUT2D eigenvalue weighted by molar-refractivity contribution is -0.126. The van der Waals surface area contributed by atoms with Crippen LogP contribution in [0.15, 0.2) is 54.6 Å². The van der Waals surface area contributed by atoms with Crippen LogP contribution < -0.4 is 10.1 Å². The predicted molar refractivity (Wildman–Crippen MR) is 95.0 cm³/mol. The minimum Gasteiger partial charge on any atom is -0.492 e. The molecule has 1 amide bonds. The molecule has 2 unspecified atom stereocenters. The third-order valence-electron chi connectivity index (χ3n) is 4.53. The number of carbonyl (C=O) groups is 1. The number of hydrogen-bond donors (Lipinski definition) is 1. The van der Waals surface area contributed by atoms with Crippen LogP contribution in [0.5, 0.6) is 5.75 Å². The van der Waals surface area contributed by atoms with Gasteiger partial charge in [0.2, 0.25) is 5.91 Å². The molecule has 0 saturated heterocycles. The molecule has 0 aromatic heterocycles. The second kappa shape index (κ2) is 7.49. The maximum Gasteiger partial charge on any atom is 0.226 e. The molecule has 24 heavy (non-hydrogen) atoms. The summed E-state index contributed by atoms with van der Waals surface area (Å²) in [5, 5.41) is 3.10. The van der Waals surface area contributed by atoms with Crippen LogP contribution >= 0.6 is 0 Å². The maximum atomic E-state index is 12.6. The van der Waals surface area contributed by atoms with Crippen molar-refractivity contribution in [1.29, 1.82) is 0 Å². The highest BCUT2D eigenvalue weighted by Crippen LogP contribution is 2.27. The fourth-order valence-electron chi connectivity index (χ4n) is 3.11. The molecule has 2 atom stereocenters. The fraction of sp³-hybridized carbons (Fsp3) is 0.350. The number of benzene rings is 2. The minimum absolute atomic E-state index is 0.0623. The molecule has 1 aliphatic rings. The summed E-state index contributed by atoms with van der Waals surface area (Å²) in [6.07, 6.45) is 0.736. The normalized spacial score (nSPS) is 17.7. The number of amides is 1. The van der Waals surface area contributed by atoms with Crippen molar-refractivity contribution < 1.29 is 9.53 Å². The second-order valence-corrected chi connectivity index (χ2v) is 6.46. The minimum atomic E-state index is -0.126. The molecule has 4 nitrogen and oxygen atoms in total. The van der Waals surface area contributed by atoms with Gasteiger partial charge in [-0.1, -0.05) is 48.5 Å². The zero-order chi connectivity index (χ0) is 16.9. The molecule has 0 bridgehead atoms. The molecule has 3 rings (SSSR count). The van der Waals surface area contributed by atoms with Crippen molar-refractivity contribution in [2.24, 2.45) is 5.92 Å². The molecule has 2 aromatic carbocycles. The van der Waals surface area contributed by atoms with Gasteiger partial charge in [0.25, 0.3) is 0 Å². The van der Waals surface area contributed by atoms with Crippen LogP contribution in [0.2, 0.25) is 0 Å². The van der Waals surface area contributed by atoms with Gasteiger partial charge in [-0.2, -0.15) is 0 Å². The molecule has 1 heterocycles. The standard InChI is InChI=1S/C20H24N2O2/c1-22(2)18(15-8-4-3-5-9-15)13-21-20(23)17-12-16-10-6-7-11-19(16)24-14-17/h3-11,17-18H,12-14H2,1-2H3,(H,21,23). The first-order chi connectivity index (χ1) is 11.6. The van der Waals surface area contributed by atoms with Crippen molar-refractivity contribution in [3.63, 3.8) is 0 Å². The summed E-state index contributed by atoms with van der Waals surface area (Å²) in [6, 6.07) is 18.3. The van der Waals surface area contributed by atoms with Crippen molar-refractivity contribution >= 4 is 5.91 Å². The molecule has 2 aromatic rings. The van der Waals surface area contributed by atoms with Crippen molar-refractivity contribution in [1.82, 2.24) is 10.2 Å². The molecular formula is C20H24N2O2. The Morgan fingerprint density at radius 1 is 1.17 bits per heavy atom. The van der Waals surface area contributed by atoms with Gasteiger partial charge in [0.1, 0.15) is 12.4 Å². The van der Waals surface area contributed by atoms with Crippen LogP contribution in [0.3, 0.4) is 0 Å². The van der Waals surface area contributed by atoms with E-state index in [1.807, 2.05) is 56.6 Å². The lowest BCUT2D eigenvalue weighted by Crippen LogP contribution is -2.41. The van der Waals surface area contributed by atoms with Gasteiger partial charge in [-0.3, -0.25) is 4.79 Å². The molecule has 1 aliphatic heterocycles. The fourth-order valence-corrected chi connectivity index (χ4v) is 3.11. The van der Waals surface area contributed by atoms with Crippen molar-refractivity contribution in [3.8, 4) is 5.75 Å². The van der Waals surface area contributed by atoms with E-state index in [1.54, 1.807) is 0 Å². The van der Waals surface area contributed by atoms with Gasteiger partial charge in [-0.25, -0.2) is 0 Å². The Balaban J connectivity index is 1.61. The lowest BCUT2D eigenvalue weighted by Gasteiger charge is -2.28. The molecule has 0 saturated carbocycles. The molecule has 126 valence electrons. The van der Waals surface area contributed by atoms with Gasteiger partial charge in [-0.05, 0) is 37.7 Å². The Kier molecular flexibility index (Phi) is 5.16. The summed E-state index contributed by atoms with van der Waals surface area (Å²) < 4.78 is 5.72. The van der Waals surface area contributed by atoms with E-state index in [0.29, 0.717) is 13.2 Å². The third-order valence-corrected chi connectivity index (χ3v) is 4.53. The van der Waals surface area contributed by atoms with Gasteiger partial charge < -0.3 is 15.0 Å². The number of nitrogens with zero attached hydrogens (tertiary/aromatic N) is 1. The van der Waals surface area contributed by atoms with Gasteiger partial charge in [0, 0.05) is 6.54 Å². The number of para-hydroxylation sites is 1. The Hall–Kier alpha value is -2.33. The first-order valence-corrected chi connectivity index (χ1v) is 8.35. The van der Waals surface area contributed by atoms with Crippen LogP contribution in [0.4, 0.5) is 0 Å². The summed E-state index contributed by atoms with van der Waals surface area (Å²) in [5.41, 5.74) is 2.31. The first kappa shape index (κ1) is 16.5. The van der Waals surface area contributed by atoms with Crippen LogP contribution in [-0.2, 0) is 11.2 Å². The summed E-state index contributed by atoms with van der Waals surface area (Å²) in [4.78, 5) is 14.7. The van der Waals surface area contributed by atoms with Gasteiger partial charge >= 0.3 is 0 Å². The zero-order valence-electron chi connectivity index (χ0n) is 14.2. The summed E-state index contributed by atoms with van der Waals surface area (Å²) in [5.74, 6) is 0.836. The Morgan fingerprint density at radius 2 is 1.88 bits per heavy atom. The van der Waals surface area contributed by atoms with Gasteiger partial charge in [0.15, 0.2) is 0 Å². The Labute approximate surface area is 143 Å². The zero-order valence-corrected chi connectivity index (χ0v) is 14.2. The van der Waals surface area contributed by atoms with Gasteiger partial charge in [0.05, 0.1) is 12.0 Å². The largest absolute Gasteiger partial charge is 0.492 e. The predicted octanol–water partition coefficient (Wildman–Crippen LogP) is 2.66. The average molecular weight is 324 g/mol. The van der Waals surface area contributed by atoms with Crippen LogP contribution in [0.1, 0.15) is 17.2 Å². The second-order valence-electron chi connectivity index (χ2n) is 6.46. The number of carbonyl (C=O) groups excluding carboxylic acids is 1. The van der Waals surface area contributed by atoms with Crippen molar-refractivity contribution in [3.05, 3.63) is 65.7 Å². The third kappa shape index (κ3) is 3.77. The number of nitrogens with one attached hydrogen (secondary N) is 1. The van der Waals surface area contributed by atoms with E-state index >= 15 is 0 Å². The van der Waals surface area contributed by atoms with E-state index in [9.17, 15) is 4.79 Å². The average Bonchev–Trinajstić information content (AvgIpc) is 2.62. The van der Waals surface area contributed by atoms with Crippen molar-refractivity contribution in [2.75, 3.05) is 27.2 Å². The van der Waals surface area contributed by atoms with Crippen LogP contribution in [0.25, 0.3) is 0 Å². The maximum absolute atomic E-state index is 12.6. The van der Waals surface area contributed by atoms with Crippen LogP contribution in [-0.4, -0.2) is 38.1 Å². The number of rotatable bonds is 5. The number of fused-ring (bicyclic) bond motifs is 1. The summed E-state index contributed by atoms with van der Waals surface area (Å²) >= 11 is 0. The Morgan fingerprint density at radius 3 is 2.62 bits per heavy atom. The first-order valence-electron chi connectivity index (χ1n) is 8.35. The van der Waals surface area contributed by atoms with E-state index in [1.165, 1.54) is 5.56 Å². The Bertz CT molecular complexity index is 685. The van der Waals surface area contributed by atoms with Gasteiger partial charge in [-0.15, -0.1) is 0 Å². The summed E-state index contributed by atoms with van der Waals surface area (Å²) in [7, 11) is 4.06. The number of hydrogen-bond acceptors (Lipinski definition) is 3. The quantitative estimate of drug-likeness (QED) is 0.919. The summed E-state index contributed by atoms with van der Waals surface area (Å²) in [6.45, 7) is 1.04. The molecule has 0 spiro atoms. The molecule has 0 radical (unpaired) electrons.